The number of halogens is 2. The number of aromatic nitrogens is 1. The Morgan fingerprint density at radius 1 is 1.00 bits per heavy atom. The van der Waals surface area contributed by atoms with E-state index in [2.05, 4.69) is 33.1 Å². The first kappa shape index (κ1) is 23.4. The summed E-state index contributed by atoms with van der Waals surface area (Å²) in [5.41, 5.74) is 2.74. The highest BCUT2D eigenvalue weighted by molar-refractivity contribution is 9.10. The number of benzene rings is 3. The van der Waals surface area contributed by atoms with Gasteiger partial charge in [0.1, 0.15) is 11.4 Å². The first-order valence-corrected chi connectivity index (χ1v) is 11.5. The number of hydrogen-bond donors (Lipinski definition) is 2. The number of amides is 2. The molecule has 3 aromatic carbocycles. The van der Waals surface area contributed by atoms with Crippen molar-refractivity contribution in [1.82, 2.24) is 10.3 Å². The molecule has 0 saturated heterocycles. The van der Waals surface area contributed by atoms with E-state index in [1.165, 1.54) is 12.1 Å². The van der Waals surface area contributed by atoms with Crippen molar-refractivity contribution in [1.29, 1.82) is 0 Å². The smallest absolute Gasteiger partial charge is 0.320 e. The van der Waals surface area contributed by atoms with Crippen molar-refractivity contribution in [3.63, 3.8) is 0 Å². The molecule has 0 spiro atoms. The monoisotopic (exact) mass is 515 g/mol. The minimum Gasteiger partial charge on any atom is -0.322 e. The van der Waals surface area contributed by atoms with Crippen LogP contribution in [0.1, 0.15) is 22.4 Å². The average molecular weight is 516 g/mol. The Labute approximate surface area is 206 Å². The predicted octanol–water partition coefficient (Wildman–Crippen LogP) is 6.93. The topological polar surface area (TPSA) is 54.0 Å². The van der Waals surface area contributed by atoms with Gasteiger partial charge in [0.15, 0.2) is 0 Å². The van der Waals surface area contributed by atoms with Crippen molar-refractivity contribution in [2.75, 3.05) is 5.32 Å². The molecule has 170 valence electrons. The van der Waals surface area contributed by atoms with Gasteiger partial charge in [-0.2, -0.15) is 0 Å². The van der Waals surface area contributed by atoms with Gasteiger partial charge in [0, 0.05) is 22.8 Å². The molecule has 0 aliphatic heterocycles. The Hall–Kier alpha value is -3.77. The third kappa shape index (κ3) is 5.41. The van der Waals surface area contributed by atoms with E-state index in [9.17, 15) is 9.18 Å². The van der Waals surface area contributed by atoms with Gasteiger partial charge >= 0.3 is 6.03 Å². The Balaban J connectivity index is 1.83. The standard InChI is InChI=1S/C28H23BrFN3O/c1-2-20-14-15-26(31-19-20)28(18-21-8-4-3-5-9-21,22-10-6-11-23(29)16-22)33-27(34)32-25-13-7-12-24(30)17-25/h2-17,19H,1,18H2,(H2,32,33,34). The molecule has 1 unspecified atom stereocenters. The minimum absolute atomic E-state index is 0.357. The second-order valence-electron chi connectivity index (χ2n) is 7.85. The summed E-state index contributed by atoms with van der Waals surface area (Å²) in [4.78, 5) is 18.0. The molecule has 0 fully saturated rings. The molecule has 1 heterocycles. The molecule has 0 aliphatic carbocycles. The lowest BCUT2D eigenvalue weighted by Gasteiger charge is -2.35. The van der Waals surface area contributed by atoms with Crippen LogP contribution in [0.4, 0.5) is 14.9 Å². The highest BCUT2D eigenvalue weighted by Gasteiger charge is 2.38. The van der Waals surface area contributed by atoms with Crippen molar-refractivity contribution in [2.45, 2.75) is 12.0 Å². The summed E-state index contributed by atoms with van der Waals surface area (Å²) < 4.78 is 14.6. The zero-order chi connectivity index (χ0) is 24.0. The third-order valence-electron chi connectivity index (χ3n) is 5.50. The van der Waals surface area contributed by atoms with Gasteiger partial charge in [0.25, 0.3) is 0 Å². The Bertz CT molecular complexity index is 1290. The molecule has 2 amide bonds. The van der Waals surface area contributed by atoms with Gasteiger partial charge in [-0.05, 0) is 53.1 Å². The molecule has 4 aromatic rings. The normalized spacial score (nSPS) is 12.4. The zero-order valence-corrected chi connectivity index (χ0v) is 19.9. The molecule has 6 heteroatoms. The molecular weight excluding hydrogens is 493 g/mol. The summed E-state index contributed by atoms with van der Waals surface area (Å²) in [6, 6.07) is 26.8. The van der Waals surface area contributed by atoms with Crippen LogP contribution >= 0.6 is 15.9 Å². The Morgan fingerprint density at radius 2 is 1.79 bits per heavy atom. The number of hydrogen-bond acceptors (Lipinski definition) is 2. The average Bonchev–Trinajstić information content (AvgIpc) is 2.84. The number of nitrogens with one attached hydrogen (secondary N) is 2. The van der Waals surface area contributed by atoms with Crippen molar-refractivity contribution >= 4 is 33.7 Å². The van der Waals surface area contributed by atoms with Crippen LogP contribution in [-0.2, 0) is 12.0 Å². The zero-order valence-electron chi connectivity index (χ0n) is 18.3. The molecule has 2 N–H and O–H groups in total. The van der Waals surface area contributed by atoms with E-state index in [4.69, 9.17) is 4.98 Å². The number of anilines is 1. The van der Waals surface area contributed by atoms with Gasteiger partial charge in [-0.3, -0.25) is 4.98 Å². The van der Waals surface area contributed by atoms with Gasteiger partial charge in [-0.25, -0.2) is 9.18 Å². The highest BCUT2D eigenvalue weighted by Crippen LogP contribution is 2.34. The summed E-state index contributed by atoms with van der Waals surface area (Å²) >= 11 is 3.56. The molecule has 4 nitrogen and oxygen atoms in total. The highest BCUT2D eigenvalue weighted by atomic mass is 79.9. The second kappa shape index (κ2) is 10.4. The number of carbonyl (C=O) groups excluding carboxylic acids is 1. The Morgan fingerprint density at radius 3 is 2.47 bits per heavy atom. The van der Waals surface area contributed by atoms with E-state index in [1.807, 2.05) is 66.7 Å². The summed E-state index contributed by atoms with van der Waals surface area (Å²) in [6.45, 7) is 3.81. The summed E-state index contributed by atoms with van der Waals surface area (Å²) in [5, 5.41) is 5.92. The number of carbonyl (C=O) groups is 1. The maximum absolute atomic E-state index is 13.7. The SMILES string of the molecule is C=Cc1ccc(C(Cc2ccccc2)(NC(=O)Nc2cccc(F)c2)c2cccc(Br)c2)nc1. The van der Waals surface area contributed by atoms with Crippen LogP contribution in [0, 0.1) is 5.82 Å². The molecule has 0 radical (unpaired) electrons. The fourth-order valence-electron chi connectivity index (χ4n) is 3.88. The molecule has 4 rings (SSSR count). The maximum Gasteiger partial charge on any atom is 0.320 e. The van der Waals surface area contributed by atoms with Crippen molar-refractivity contribution < 1.29 is 9.18 Å². The first-order valence-electron chi connectivity index (χ1n) is 10.7. The van der Waals surface area contributed by atoms with Gasteiger partial charge in [0.05, 0.1) is 5.69 Å². The molecule has 34 heavy (non-hydrogen) atoms. The lowest BCUT2D eigenvalue weighted by molar-refractivity contribution is 0.241. The lowest BCUT2D eigenvalue weighted by Crippen LogP contribution is -2.50. The third-order valence-corrected chi connectivity index (χ3v) is 5.99. The van der Waals surface area contributed by atoms with Crippen LogP contribution < -0.4 is 10.6 Å². The first-order chi connectivity index (χ1) is 16.5. The summed E-state index contributed by atoms with van der Waals surface area (Å²) in [5.74, 6) is -0.429. The van der Waals surface area contributed by atoms with Gasteiger partial charge in [-0.15, -0.1) is 0 Å². The van der Waals surface area contributed by atoms with Gasteiger partial charge in [0.2, 0.25) is 0 Å². The van der Waals surface area contributed by atoms with E-state index in [1.54, 1.807) is 24.4 Å². The minimum atomic E-state index is -1.01. The van der Waals surface area contributed by atoms with E-state index < -0.39 is 17.4 Å². The van der Waals surface area contributed by atoms with Crippen LogP contribution in [-0.4, -0.2) is 11.0 Å². The molecule has 0 saturated carbocycles. The molecule has 0 aliphatic rings. The van der Waals surface area contributed by atoms with E-state index in [0.29, 0.717) is 17.8 Å². The van der Waals surface area contributed by atoms with Crippen LogP contribution in [0.15, 0.2) is 108 Å². The fourth-order valence-corrected chi connectivity index (χ4v) is 4.28. The summed E-state index contributed by atoms with van der Waals surface area (Å²) in [6.07, 6.45) is 3.90. The largest absolute Gasteiger partial charge is 0.322 e. The van der Waals surface area contributed by atoms with Crippen LogP contribution in [0.3, 0.4) is 0 Å². The van der Waals surface area contributed by atoms with Crippen molar-refractivity contribution in [2.24, 2.45) is 0 Å². The second-order valence-corrected chi connectivity index (χ2v) is 8.76. The van der Waals surface area contributed by atoms with Crippen LogP contribution in [0.25, 0.3) is 6.08 Å². The molecule has 1 aromatic heterocycles. The van der Waals surface area contributed by atoms with Crippen molar-refractivity contribution in [3.05, 3.63) is 136 Å². The van der Waals surface area contributed by atoms with Gasteiger partial charge in [-0.1, -0.05) is 83.2 Å². The molecule has 0 bridgehead atoms. The van der Waals surface area contributed by atoms with E-state index in [0.717, 1.165) is 21.2 Å². The summed E-state index contributed by atoms with van der Waals surface area (Å²) in [7, 11) is 0. The number of urea groups is 1. The lowest BCUT2D eigenvalue weighted by atomic mass is 9.80. The predicted molar refractivity (Wildman–Crippen MR) is 138 cm³/mol. The van der Waals surface area contributed by atoms with E-state index >= 15 is 0 Å². The number of nitrogens with zero attached hydrogens (tertiary/aromatic N) is 1. The van der Waals surface area contributed by atoms with Crippen LogP contribution in [0.2, 0.25) is 0 Å². The molecular formula is C28H23BrFN3O. The van der Waals surface area contributed by atoms with E-state index in [-0.39, 0.29) is 0 Å². The van der Waals surface area contributed by atoms with Gasteiger partial charge < -0.3 is 10.6 Å². The van der Waals surface area contributed by atoms with Crippen molar-refractivity contribution in [3.8, 4) is 0 Å². The fraction of sp³-hybridized carbons (Fsp3) is 0.0714. The Kier molecular flexibility index (Phi) is 7.18. The maximum atomic E-state index is 13.7. The molecule has 1 atom stereocenters. The van der Waals surface area contributed by atoms with Crippen LogP contribution in [0.5, 0.6) is 0 Å². The number of rotatable bonds is 7. The number of pyridine rings is 1. The quantitative estimate of drug-likeness (QED) is 0.280.